The third-order valence-corrected chi connectivity index (χ3v) is 3.97. The number of aryl methyl sites for hydroxylation is 1. The monoisotopic (exact) mass is 305 g/mol. The maximum atomic E-state index is 11.8. The van der Waals surface area contributed by atoms with Gasteiger partial charge >= 0.3 is 0 Å². The third-order valence-electron chi connectivity index (χ3n) is 3.97. The predicted molar refractivity (Wildman–Crippen MR) is 91.9 cm³/mol. The van der Waals surface area contributed by atoms with Crippen LogP contribution in [0.15, 0.2) is 67.3 Å². The van der Waals surface area contributed by atoms with Crippen molar-refractivity contribution in [2.75, 3.05) is 0 Å². The Balaban J connectivity index is 1.95. The summed E-state index contributed by atoms with van der Waals surface area (Å²) in [5.41, 5.74) is 3.10. The van der Waals surface area contributed by atoms with Crippen LogP contribution in [0.1, 0.15) is 17.4 Å². The molecule has 0 fully saturated rings. The fourth-order valence-electron chi connectivity index (χ4n) is 2.73. The highest BCUT2D eigenvalue weighted by molar-refractivity contribution is 5.87. The maximum Gasteiger partial charge on any atom is 0.243 e. The second-order valence-electron chi connectivity index (χ2n) is 5.46. The lowest BCUT2D eigenvalue weighted by molar-refractivity contribution is -0.117. The van der Waals surface area contributed by atoms with E-state index in [1.54, 1.807) is 0 Å². The van der Waals surface area contributed by atoms with E-state index in [1.165, 1.54) is 6.08 Å². The van der Waals surface area contributed by atoms with Crippen LogP contribution in [0.25, 0.3) is 11.0 Å². The molecule has 0 radical (unpaired) electrons. The zero-order valence-electron chi connectivity index (χ0n) is 13.1. The van der Waals surface area contributed by atoms with E-state index in [0.29, 0.717) is 6.42 Å². The fraction of sp³-hybridized carbons (Fsp3) is 0.158. The van der Waals surface area contributed by atoms with Gasteiger partial charge in [0.05, 0.1) is 17.1 Å². The van der Waals surface area contributed by atoms with Gasteiger partial charge in [-0.2, -0.15) is 0 Å². The summed E-state index contributed by atoms with van der Waals surface area (Å²) >= 11 is 0. The number of carbonyl (C=O) groups excluding carboxylic acids is 1. The number of imidazole rings is 1. The number of fused-ring (bicyclic) bond motifs is 1. The summed E-state index contributed by atoms with van der Waals surface area (Å²) < 4.78 is 2.07. The third kappa shape index (κ3) is 3.16. The zero-order valence-corrected chi connectivity index (χ0v) is 13.1. The van der Waals surface area contributed by atoms with E-state index in [1.807, 2.05) is 61.6 Å². The number of rotatable bonds is 5. The standard InChI is InChI=1S/C19H19N3O/c1-3-19(23)21-16(14-9-5-4-6-10-14)13-18-20-15-11-7-8-12-17(15)22(18)2/h3-12,16H,1,13H2,2H3,(H,21,23). The van der Waals surface area contributed by atoms with Crippen LogP contribution in [0, 0.1) is 0 Å². The number of nitrogens with one attached hydrogen (secondary N) is 1. The van der Waals surface area contributed by atoms with Gasteiger partial charge in [-0.15, -0.1) is 0 Å². The highest BCUT2D eigenvalue weighted by Gasteiger charge is 2.17. The van der Waals surface area contributed by atoms with Crippen molar-refractivity contribution in [2.45, 2.75) is 12.5 Å². The van der Waals surface area contributed by atoms with E-state index in [4.69, 9.17) is 4.98 Å². The smallest absolute Gasteiger partial charge is 0.243 e. The van der Waals surface area contributed by atoms with Gasteiger partial charge in [-0.1, -0.05) is 49.0 Å². The maximum absolute atomic E-state index is 11.8. The van der Waals surface area contributed by atoms with Crippen LogP contribution in [0.3, 0.4) is 0 Å². The van der Waals surface area contributed by atoms with Gasteiger partial charge in [0.25, 0.3) is 0 Å². The molecule has 0 spiro atoms. The molecule has 4 heteroatoms. The summed E-state index contributed by atoms with van der Waals surface area (Å²) in [5.74, 6) is 0.752. The van der Waals surface area contributed by atoms with Gasteiger partial charge in [-0.05, 0) is 23.8 Å². The SMILES string of the molecule is C=CC(=O)NC(Cc1nc2ccccc2n1C)c1ccccc1. The molecule has 1 aromatic heterocycles. The normalized spacial score (nSPS) is 12.0. The number of hydrogen-bond acceptors (Lipinski definition) is 2. The van der Waals surface area contributed by atoms with E-state index >= 15 is 0 Å². The molecule has 0 aliphatic carbocycles. The molecule has 0 bridgehead atoms. The molecule has 4 nitrogen and oxygen atoms in total. The van der Waals surface area contributed by atoms with Gasteiger partial charge in [-0.3, -0.25) is 4.79 Å². The summed E-state index contributed by atoms with van der Waals surface area (Å²) in [5, 5.41) is 2.99. The van der Waals surface area contributed by atoms with Crippen molar-refractivity contribution in [3.63, 3.8) is 0 Å². The average Bonchev–Trinajstić information content (AvgIpc) is 2.91. The van der Waals surface area contributed by atoms with Crippen molar-refractivity contribution in [1.82, 2.24) is 14.9 Å². The van der Waals surface area contributed by atoms with Crippen molar-refractivity contribution in [1.29, 1.82) is 0 Å². The Morgan fingerprint density at radius 1 is 1.22 bits per heavy atom. The van der Waals surface area contributed by atoms with Gasteiger partial charge in [0.1, 0.15) is 5.82 Å². The van der Waals surface area contributed by atoms with Gasteiger partial charge in [-0.25, -0.2) is 4.98 Å². The predicted octanol–water partition coefficient (Wildman–Crippen LogP) is 3.16. The summed E-state index contributed by atoms with van der Waals surface area (Å²) in [6.45, 7) is 3.53. The molecular formula is C19H19N3O. The molecule has 116 valence electrons. The molecule has 1 N–H and O–H groups in total. The van der Waals surface area contributed by atoms with Crippen LogP contribution in [0.2, 0.25) is 0 Å². The van der Waals surface area contributed by atoms with Crippen LogP contribution >= 0.6 is 0 Å². The van der Waals surface area contributed by atoms with Gasteiger partial charge < -0.3 is 9.88 Å². The lowest BCUT2D eigenvalue weighted by Gasteiger charge is -2.18. The first-order valence-electron chi connectivity index (χ1n) is 7.57. The topological polar surface area (TPSA) is 46.9 Å². The number of aromatic nitrogens is 2. The fourth-order valence-corrected chi connectivity index (χ4v) is 2.73. The first-order valence-corrected chi connectivity index (χ1v) is 7.57. The quantitative estimate of drug-likeness (QED) is 0.736. The Morgan fingerprint density at radius 3 is 2.61 bits per heavy atom. The second kappa shape index (κ2) is 6.48. The number of benzene rings is 2. The number of nitrogens with zero attached hydrogens (tertiary/aromatic N) is 2. The summed E-state index contributed by atoms with van der Waals surface area (Å²) in [4.78, 5) is 16.5. The molecule has 3 aromatic rings. The number of para-hydroxylation sites is 2. The molecule has 0 aliphatic rings. The molecule has 23 heavy (non-hydrogen) atoms. The van der Waals surface area contributed by atoms with E-state index in [0.717, 1.165) is 22.4 Å². The Labute approximate surface area is 135 Å². The van der Waals surface area contributed by atoms with Crippen LogP contribution in [0.5, 0.6) is 0 Å². The molecule has 2 aromatic carbocycles. The van der Waals surface area contributed by atoms with E-state index in [-0.39, 0.29) is 11.9 Å². The number of carbonyl (C=O) groups is 1. The molecule has 1 amide bonds. The van der Waals surface area contributed by atoms with E-state index in [9.17, 15) is 4.79 Å². The van der Waals surface area contributed by atoms with Crippen molar-refractivity contribution in [3.8, 4) is 0 Å². The Bertz CT molecular complexity index is 836. The molecule has 1 unspecified atom stereocenters. The van der Waals surface area contributed by atoms with Crippen LogP contribution in [-0.2, 0) is 18.3 Å². The summed E-state index contributed by atoms with van der Waals surface area (Å²) in [6.07, 6.45) is 1.92. The number of hydrogen-bond donors (Lipinski definition) is 1. The lowest BCUT2D eigenvalue weighted by Crippen LogP contribution is -2.29. The second-order valence-corrected chi connectivity index (χ2v) is 5.46. The minimum Gasteiger partial charge on any atom is -0.345 e. The molecule has 3 rings (SSSR count). The average molecular weight is 305 g/mol. The van der Waals surface area contributed by atoms with Crippen LogP contribution in [0.4, 0.5) is 0 Å². The molecule has 1 atom stereocenters. The molecule has 0 saturated heterocycles. The molecule has 0 aliphatic heterocycles. The minimum atomic E-state index is -0.183. The van der Waals surface area contributed by atoms with Gasteiger partial charge in [0.15, 0.2) is 0 Å². The number of amides is 1. The Morgan fingerprint density at radius 2 is 1.91 bits per heavy atom. The van der Waals surface area contributed by atoms with Crippen LogP contribution < -0.4 is 5.32 Å². The first-order chi connectivity index (χ1) is 11.2. The lowest BCUT2D eigenvalue weighted by atomic mass is 10.0. The largest absolute Gasteiger partial charge is 0.345 e. The summed E-state index contributed by atoms with van der Waals surface area (Å²) in [6, 6.07) is 17.8. The van der Waals surface area contributed by atoms with Crippen molar-refractivity contribution in [2.24, 2.45) is 7.05 Å². The van der Waals surface area contributed by atoms with Gasteiger partial charge in [0.2, 0.25) is 5.91 Å². The van der Waals surface area contributed by atoms with Crippen molar-refractivity contribution >= 4 is 16.9 Å². The molecule has 0 saturated carbocycles. The highest BCUT2D eigenvalue weighted by atomic mass is 16.1. The zero-order chi connectivity index (χ0) is 16.2. The Kier molecular flexibility index (Phi) is 4.24. The van der Waals surface area contributed by atoms with E-state index < -0.39 is 0 Å². The van der Waals surface area contributed by atoms with Gasteiger partial charge in [0, 0.05) is 13.5 Å². The minimum absolute atomic E-state index is 0.141. The van der Waals surface area contributed by atoms with Crippen LogP contribution in [-0.4, -0.2) is 15.5 Å². The molecule has 1 heterocycles. The van der Waals surface area contributed by atoms with Crippen molar-refractivity contribution in [3.05, 3.63) is 78.6 Å². The van der Waals surface area contributed by atoms with E-state index in [2.05, 4.69) is 16.5 Å². The first kappa shape index (κ1) is 15.0. The molecular weight excluding hydrogens is 286 g/mol. The summed E-state index contributed by atoms with van der Waals surface area (Å²) in [7, 11) is 2.00. The Hall–Kier alpha value is -2.88. The van der Waals surface area contributed by atoms with Crippen molar-refractivity contribution < 1.29 is 4.79 Å². The highest BCUT2D eigenvalue weighted by Crippen LogP contribution is 2.21.